The number of thiophene rings is 1. The van der Waals surface area contributed by atoms with Crippen molar-refractivity contribution in [1.82, 2.24) is 10.0 Å². The molecule has 0 aromatic carbocycles. The second-order valence-corrected chi connectivity index (χ2v) is 9.10. The topological polar surface area (TPSA) is 84.5 Å². The minimum Gasteiger partial charge on any atom is -0.465 e. The Kier molecular flexibility index (Phi) is 7.25. The highest BCUT2D eigenvalue weighted by Crippen LogP contribution is 2.31. The van der Waals surface area contributed by atoms with Gasteiger partial charge >= 0.3 is 5.97 Å². The van der Waals surface area contributed by atoms with Crippen LogP contribution in [-0.4, -0.2) is 40.6 Å². The second kappa shape index (κ2) is 8.14. The first-order valence-electron chi connectivity index (χ1n) is 7.58. The molecule has 0 radical (unpaired) electrons. The maximum Gasteiger partial charge on any atom is 0.349 e. The summed E-state index contributed by atoms with van der Waals surface area (Å²) in [5.41, 5.74) is 0.578. The highest BCUT2D eigenvalue weighted by Gasteiger charge is 2.34. The van der Waals surface area contributed by atoms with Crippen LogP contribution >= 0.6 is 23.7 Å². The van der Waals surface area contributed by atoms with Crippen LogP contribution in [0.3, 0.4) is 0 Å². The van der Waals surface area contributed by atoms with Crippen LogP contribution in [0.4, 0.5) is 0 Å². The van der Waals surface area contributed by atoms with E-state index in [1.165, 1.54) is 7.11 Å². The summed E-state index contributed by atoms with van der Waals surface area (Å²) in [7, 11) is -2.52. The molecule has 2 N–H and O–H groups in total. The largest absolute Gasteiger partial charge is 0.465 e. The molecule has 2 rings (SSSR count). The van der Waals surface area contributed by atoms with Gasteiger partial charge in [-0.2, -0.15) is 0 Å². The number of nitrogens with one attached hydrogen (secondary N) is 2. The lowest BCUT2D eigenvalue weighted by Crippen LogP contribution is -2.52. The predicted octanol–water partition coefficient (Wildman–Crippen LogP) is 2.32. The minimum absolute atomic E-state index is 0. The van der Waals surface area contributed by atoms with E-state index < -0.39 is 16.0 Å². The number of piperidine rings is 1. The molecule has 0 amide bonds. The van der Waals surface area contributed by atoms with Gasteiger partial charge in [0.15, 0.2) is 0 Å². The quantitative estimate of drug-likeness (QED) is 0.746. The molecule has 138 valence electrons. The molecule has 0 saturated carbocycles. The number of sulfonamides is 1. The first-order valence-corrected chi connectivity index (χ1v) is 9.95. The van der Waals surface area contributed by atoms with E-state index in [9.17, 15) is 13.2 Å². The fraction of sp³-hybridized carbons (Fsp3) is 0.667. The summed E-state index contributed by atoms with van der Waals surface area (Å²) >= 11 is 1.09. The van der Waals surface area contributed by atoms with Crippen molar-refractivity contribution >= 4 is 39.7 Å². The van der Waals surface area contributed by atoms with E-state index in [0.29, 0.717) is 12.1 Å². The van der Waals surface area contributed by atoms with Gasteiger partial charge in [0, 0.05) is 12.6 Å². The van der Waals surface area contributed by atoms with Crippen LogP contribution < -0.4 is 10.0 Å². The summed E-state index contributed by atoms with van der Waals surface area (Å²) in [5, 5.41) is 5.03. The fourth-order valence-corrected chi connectivity index (χ4v) is 5.63. The molecule has 2 heterocycles. The molecular weight excluding hydrogens is 372 g/mol. The van der Waals surface area contributed by atoms with Crippen molar-refractivity contribution in [2.24, 2.45) is 5.41 Å². The van der Waals surface area contributed by atoms with E-state index in [1.54, 1.807) is 12.3 Å². The summed E-state index contributed by atoms with van der Waals surface area (Å²) in [6.45, 7) is 7.13. The summed E-state index contributed by atoms with van der Waals surface area (Å²) in [6.07, 6.45) is 2.14. The first kappa shape index (κ1) is 21.4. The number of carbonyl (C=O) groups is 1. The maximum atomic E-state index is 12.7. The summed E-state index contributed by atoms with van der Waals surface area (Å²) in [4.78, 5) is 11.9. The Balaban J connectivity index is 0.00000288. The average molecular weight is 397 g/mol. The van der Waals surface area contributed by atoms with E-state index in [0.717, 1.165) is 30.7 Å². The number of aryl methyl sites for hydroxylation is 1. The number of ether oxygens (including phenoxy) is 1. The second-order valence-electron chi connectivity index (χ2n) is 6.52. The first-order chi connectivity index (χ1) is 10.7. The molecule has 1 atom stereocenters. The Morgan fingerprint density at radius 3 is 2.75 bits per heavy atom. The number of rotatable bonds is 5. The molecule has 9 heteroatoms. The number of esters is 1. The molecule has 1 aliphatic heterocycles. The molecule has 1 aromatic heterocycles. The molecular formula is C15H25ClN2O4S2. The van der Waals surface area contributed by atoms with Gasteiger partial charge in [0.1, 0.15) is 9.77 Å². The van der Waals surface area contributed by atoms with Gasteiger partial charge in [-0.15, -0.1) is 23.7 Å². The van der Waals surface area contributed by atoms with E-state index in [-0.39, 0.29) is 33.6 Å². The van der Waals surface area contributed by atoms with Gasteiger partial charge in [-0.1, -0.05) is 13.8 Å². The predicted molar refractivity (Wildman–Crippen MR) is 97.6 cm³/mol. The van der Waals surface area contributed by atoms with Crippen molar-refractivity contribution in [2.45, 2.75) is 44.6 Å². The Labute approximate surface area is 153 Å². The molecule has 24 heavy (non-hydrogen) atoms. The summed E-state index contributed by atoms with van der Waals surface area (Å²) in [6, 6.07) is 0.0616. The number of hydrogen-bond acceptors (Lipinski definition) is 6. The average Bonchev–Trinajstić information content (AvgIpc) is 2.87. The number of methoxy groups -OCH3 is 1. The van der Waals surface area contributed by atoms with Crippen LogP contribution in [-0.2, 0) is 14.8 Å². The fourth-order valence-electron chi connectivity index (χ4n) is 2.89. The zero-order chi connectivity index (χ0) is 17.3. The zero-order valence-electron chi connectivity index (χ0n) is 14.3. The molecule has 6 nitrogen and oxygen atoms in total. The van der Waals surface area contributed by atoms with Crippen molar-refractivity contribution in [3.05, 3.63) is 15.8 Å². The smallest absolute Gasteiger partial charge is 0.349 e. The Bertz CT molecular complexity index is 686. The van der Waals surface area contributed by atoms with Gasteiger partial charge < -0.3 is 10.1 Å². The third-order valence-electron chi connectivity index (χ3n) is 4.37. The summed E-state index contributed by atoms with van der Waals surface area (Å²) < 4.78 is 32.7. The minimum atomic E-state index is -3.76. The maximum absolute atomic E-state index is 12.7. The van der Waals surface area contributed by atoms with Crippen LogP contribution in [0, 0.1) is 12.3 Å². The van der Waals surface area contributed by atoms with Crippen LogP contribution in [0.2, 0.25) is 0 Å². The molecule has 0 bridgehead atoms. The normalized spacial score (nSPS) is 20.2. The van der Waals surface area contributed by atoms with Gasteiger partial charge in [0.2, 0.25) is 10.0 Å². The molecule has 1 saturated heterocycles. The van der Waals surface area contributed by atoms with Crippen molar-refractivity contribution in [1.29, 1.82) is 0 Å². The van der Waals surface area contributed by atoms with Gasteiger partial charge in [0.05, 0.1) is 7.11 Å². The highest BCUT2D eigenvalue weighted by molar-refractivity contribution is 7.89. The Morgan fingerprint density at radius 2 is 2.17 bits per heavy atom. The van der Waals surface area contributed by atoms with E-state index in [2.05, 4.69) is 28.6 Å². The molecule has 0 spiro atoms. The van der Waals surface area contributed by atoms with Crippen LogP contribution in [0.15, 0.2) is 10.3 Å². The molecule has 1 aromatic rings. The van der Waals surface area contributed by atoms with Crippen LogP contribution in [0.1, 0.15) is 41.9 Å². The summed E-state index contributed by atoms with van der Waals surface area (Å²) in [5.74, 6) is -0.625. The lowest BCUT2D eigenvalue weighted by atomic mass is 9.78. The van der Waals surface area contributed by atoms with Crippen molar-refractivity contribution in [3.63, 3.8) is 0 Å². The third kappa shape index (κ3) is 4.49. The lowest BCUT2D eigenvalue weighted by Gasteiger charge is -2.39. The van der Waals surface area contributed by atoms with E-state index >= 15 is 0 Å². The standard InChI is InChI=1S/C15H24N2O4S2.ClH/c1-10-9-22-12(14(18)21-4)13(10)23(19,20)17-8-11-15(2,3)6-5-7-16-11;/h9,11,16-17H,5-8H2,1-4H3;1H. The van der Waals surface area contributed by atoms with Gasteiger partial charge in [-0.05, 0) is 42.7 Å². The number of halogens is 1. The van der Waals surface area contributed by atoms with Gasteiger partial charge in [-0.25, -0.2) is 17.9 Å². The van der Waals surface area contributed by atoms with Gasteiger partial charge in [0.25, 0.3) is 0 Å². The number of hydrogen-bond donors (Lipinski definition) is 2. The Hall–Kier alpha value is -0.670. The lowest BCUT2D eigenvalue weighted by molar-refractivity contribution is 0.0602. The van der Waals surface area contributed by atoms with Crippen molar-refractivity contribution in [3.8, 4) is 0 Å². The molecule has 1 aliphatic rings. The van der Waals surface area contributed by atoms with Crippen LogP contribution in [0.25, 0.3) is 0 Å². The molecule has 1 unspecified atom stereocenters. The molecule has 1 fully saturated rings. The molecule has 0 aliphatic carbocycles. The number of carbonyl (C=O) groups excluding carboxylic acids is 1. The van der Waals surface area contributed by atoms with Gasteiger partial charge in [-0.3, -0.25) is 0 Å². The monoisotopic (exact) mass is 396 g/mol. The SMILES string of the molecule is COC(=O)c1scc(C)c1S(=O)(=O)NCC1NCCCC1(C)C.Cl. The van der Waals surface area contributed by atoms with Crippen molar-refractivity contribution in [2.75, 3.05) is 20.2 Å². The zero-order valence-corrected chi connectivity index (χ0v) is 16.8. The Morgan fingerprint density at radius 1 is 1.50 bits per heavy atom. The van der Waals surface area contributed by atoms with E-state index in [1.807, 2.05) is 0 Å². The van der Waals surface area contributed by atoms with Crippen molar-refractivity contribution < 1.29 is 17.9 Å². The van der Waals surface area contributed by atoms with Crippen LogP contribution in [0.5, 0.6) is 0 Å². The third-order valence-corrected chi connectivity index (χ3v) is 7.18. The van der Waals surface area contributed by atoms with E-state index in [4.69, 9.17) is 0 Å². The highest BCUT2D eigenvalue weighted by atomic mass is 35.5.